The molecular formula is C27H26N4O4. The van der Waals surface area contributed by atoms with E-state index in [0.717, 1.165) is 11.3 Å². The highest BCUT2D eigenvalue weighted by molar-refractivity contribution is 6.25. The number of para-hydroxylation sites is 2. The Morgan fingerprint density at radius 3 is 1.83 bits per heavy atom. The number of hydrazine groups is 1. The fourth-order valence-corrected chi connectivity index (χ4v) is 6.29. The van der Waals surface area contributed by atoms with Gasteiger partial charge < -0.3 is 0 Å². The van der Waals surface area contributed by atoms with Crippen molar-refractivity contribution < 1.29 is 19.2 Å². The van der Waals surface area contributed by atoms with E-state index in [-0.39, 0.29) is 23.6 Å². The molecule has 178 valence electrons. The van der Waals surface area contributed by atoms with Crippen LogP contribution in [0.5, 0.6) is 0 Å². The highest BCUT2D eigenvalue weighted by Crippen LogP contribution is 2.51. The van der Waals surface area contributed by atoms with E-state index in [9.17, 15) is 19.2 Å². The minimum Gasteiger partial charge on any atom is -0.297 e. The molecule has 1 aliphatic carbocycles. The van der Waals surface area contributed by atoms with E-state index in [1.165, 1.54) is 9.80 Å². The van der Waals surface area contributed by atoms with Crippen molar-refractivity contribution in [3.05, 3.63) is 71.9 Å². The standard InChI is InChI=1S/C27H26N4O4/c1-28(2)31-21-14-13-18-22(26(34)29(24(18)32)16-9-5-3-6-10-16)19(21)15-20-23(31)27(35)30(25(20)33)17-11-7-4-8-12-17/h3-12,18,20,22-23H,13-15H2,1-2H3. The third-order valence-electron chi connectivity index (χ3n) is 7.70. The van der Waals surface area contributed by atoms with Crippen molar-refractivity contribution in [1.82, 2.24) is 10.0 Å². The number of hydrogen-bond acceptors (Lipinski definition) is 6. The molecule has 3 aliphatic heterocycles. The molecule has 3 heterocycles. The molecule has 4 atom stereocenters. The van der Waals surface area contributed by atoms with Crippen LogP contribution < -0.4 is 9.80 Å². The molecule has 0 N–H and O–H groups in total. The summed E-state index contributed by atoms with van der Waals surface area (Å²) < 4.78 is 0. The van der Waals surface area contributed by atoms with Gasteiger partial charge in [0.05, 0.1) is 29.1 Å². The topological polar surface area (TPSA) is 81.2 Å². The van der Waals surface area contributed by atoms with Crippen molar-refractivity contribution in [2.75, 3.05) is 23.9 Å². The Hall–Kier alpha value is -3.78. The number of fused-ring (bicyclic) bond motifs is 3. The smallest absolute Gasteiger partial charge is 0.258 e. The summed E-state index contributed by atoms with van der Waals surface area (Å²) in [5.74, 6) is -2.61. The lowest BCUT2D eigenvalue weighted by Crippen LogP contribution is -2.54. The summed E-state index contributed by atoms with van der Waals surface area (Å²) in [7, 11) is 3.69. The number of amides is 4. The molecule has 4 unspecified atom stereocenters. The number of rotatable bonds is 3. The Morgan fingerprint density at radius 1 is 0.714 bits per heavy atom. The van der Waals surface area contributed by atoms with Gasteiger partial charge in [0, 0.05) is 19.8 Å². The van der Waals surface area contributed by atoms with E-state index in [0.29, 0.717) is 30.6 Å². The Balaban J connectivity index is 1.42. The van der Waals surface area contributed by atoms with Crippen molar-refractivity contribution in [3.8, 4) is 0 Å². The number of benzene rings is 2. The fraction of sp³-hybridized carbons (Fsp3) is 0.333. The summed E-state index contributed by atoms with van der Waals surface area (Å²) >= 11 is 0. The molecule has 0 radical (unpaired) electrons. The maximum Gasteiger partial charge on any atom is 0.258 e. The molecule has 0 spiro atoms. The molecule has 4 aliphatic rings. The zero-order valence-electron chi connectivity index (χ0n) is 19.6. The average Bonchev–Trinajstić information content (AvgIpc) is 3.27. The molecule has 8 heteroatoms. The molecular weight excluding hydrogens is 444 g/mol. The van der Waals surface area contributed by atoms with E-state index >= 15 is 0 Å². The lowest BCUT2D eigenvalue weighted by atomic mass is 9.72. The van der Waals surface area contributed by atoms with E-state index in [1.54, 1.807) is 36.4 Å². The maximum atomic E-state index is 13.7. The summed E-state index contributed by atoms with van der Waals surface area (Å²) in [5, 5.41) is 3.73. The SMILES string of the molecule is CN(C)N1C2=C(CC3C(=O)N(c4ccccc4)C(=O)C31)C1C(=O)N(c3ccccc3)C(=O)C1CC2. The fourth-order valence-electron chi connectivity index (χ4n) is 6.29. The van der Waals surface area contributed by atoms with Crippen LogP contribution in [0.4, 0.5) is 11.4 Å². The minimum atomic E-state index is -0.662. The predicted molar refractivity (Wildman–Crippen MR) is 129 cm³/mol. The Labute approximate surface area is 203 Å². The highest BCUT2D eigenvalue weighted by atomic mass is 16.2. The number of nitrogens with zero attached hydrogens (tertiary/aromatic N) is 4. The first-order valence-corrected chi connectivity index (χ1v) is 11.9. The first-order chi connectivity index (χ1) is 16.9. The molecule has 2 aromatic rings. The van der Waals surface area contributed by atoms with Gasteiger partial charge in [-0.2, -0.15) is 0 Å². The predicted octanol–water partition coefficient (Wildman–Crippen LogP) is 2.58. The van der Waals surface area contributed by atoms with Gasteiger partial charge in [-0.1, -0.05) is 36.4 Å². The molecule has 0 saturated carbocycles. The van der Waals surface area contributed by atoms with Gasteiger partial charge in [-0.25, -0.2) is 14.8 Å². The largest absolute Gasteiger partial charge is 0.297 e. The van der Waals surface area contributed by atoms with Crippen molar-refractivity contribution >= 4 is 35.0 Å². The molecule has 0 aromatic heterocycles. The van der Waals surface area contributed by atoms with Crippen LogP contribution in [0.25, 0.3) is 0 Å². The second-order valence-corrected chi connectivity index (χ2v) is 9.74. The third kappa shape index (κ3) is 3.02. The van der Waals surface area contributed by atoms with Crippen molar-refractivity contribution in [2.45, 2.75) is 25.3 Å². The Bertz CT molecular complexity index is 1270. The summed E-state index contributed by atoms with van der Waals surface area (Å²) in [6.07, 6.45) is 1.41. The van der Waals surface area contributed by atoms with Crippen LogP contribution in [0.2, 0.25) is 0 Å². The molecule has 2 saturated heterocycles. The molecule has 2 aromatic carbocycles. The molecule has 4 amide bonds. The summed E-state index contributed by atoms with van der Waals surface area (Å²) in [6.45, 7) is 0. The van der Waals surface area contributed by atoms with Gasteiger partial charge >= 0.3 is 0 Å². The number of anilines is 2. The van der Waals surface area contributed by atoms with Crippen molar-refractivity contribution in [1.29, 1.82) is 0 Å². The number of allylic oxidation sites excluding steroid dienone is 1. The lowest BCUT2D eigenvalue weighted by Gasteiger charge is -2.46. The number of hydrogen-bond donors (Lipinski definition) is 0. The second-order valence-electron chi connectivity index (χ2n) is 9.74. The van der Waals surface area contributed by atoms with E-state index < -0.39 is 23.8 Å². The van der Waals surface area contributed by atoms with Crippen molar-refractivity contribution in [2.24, 2.45) is 17.8 Å². The number of imide groups is 2. The summed E-state index contributed by atoms with van der Waals surface area (Å²) in [6, 6.07) is 17.3. The monoisotopic (exact) mass is 470 g/mol. The Kier molecular flexibility index (Phi) is 4.89. The molecule has 6 rings (SSSR count). The minimum absolute atomic E-state index is 0.184. The van der Waals surface area contributed by atoms with Crippen LogP contribution in [0, 0.1) is 17.8 Å². The third-order valence-corrected chi connectivity index (χ3v) is 7.70. The molecule has 8 nitrogen and oxygen atoms in total. The zero-order valence-corrected chi connectivity index (χ0v) is 19.6. The van der Waals surface area contributed by atoms with Gasteiger partial charge in [0.25, 0.3) is 5.91 Å². The average molecular weight is 471 g/mol. The molecule has 35 heavy (non-hydrogen) atoms. The van der Waals surface area contributed by atoms with Gasteiger partial charge in [-0.3, -0.25) is 24.2 Å². The van der Waals surface area contributed by atoms with Crippen LogP contribution in [0.15, 0.2) is 71.9 Å². The summed E-state index contributed by atoms with van der Waals surface area (Å²) in [5.41, 5.74) is 2.84. The number of carbonyl (C=O) groups is 4. The Morgan fingerprint density at radius 2 is 1.26 bits per heavy atom. The molecule has 2 fully saturated rings. The molecule has 0 bridgehead atoms. The lowest BCUT2D eigenvalue weighted by molar-refractivity contribution is -0.130. The van der Waals surface area contributed by atoms with Crippen LogP contribution in [-0.2, 0) is 19.2 Å². The first kappa shape index (κ1) is 21.7. The van der Waals surface area contributed by atoms with Gasteiger partial charge in [-0.15, -0.1) is 0 Å². The quantitative estimate of drug-likeness (QED) is 0.642. The zero-order chi connectivity index (χ0) is 24.4. The normalized spacial score (nSPS) is 28.1. The van der Waals surface area contributed by atoms with Crippen molar-refractivity contribution in [3.63, 3.8) is 0 Å². The van der Waals surface area contributed by atoms with Crippen LogP contribution in [0.3, 0.4) is 0 Å². The highest BCUT2D eigenvalue weighted by Gasteiger charge is 2.60. The first-order valence-electron chi connectivity index (χ1n) is 11.9. The summed E-state index contributed by atoms with van der Waals surface area (Å²) in [4.78, 5) is 56.8. The second kappa shape index (κ2) is 7.88. The van der Waals surface area contributed by atoms with Crippen LogP contribution in [-0.4, -0.2) is 53.8 Å². The van der Waals surface area contributed by atoms with Gasteiger partial charge in [0.15, 0.2) is 0 Å². The number of carbonyl (C=O) groups excluding carboxylic acids is 4. The maximum absolute atomic E-state index is 13.7. The van der Waals surface area contributed by atoms with E-state index in [1.807, 2.05) is 48.4 Å². The van der Waals surface area contributed by atoms with Crippen LogP contribution in [0.1, 0.15) is 19.3 Å². The van der Waals surface area contributed by atoms with Gasteiger partial charge in [0.2, 0.25) is 17.7 Å². The van der Waals surface area contributed by atoms with Gasteiger partial charge in [0.1, 0.15) is 6.04 Å². The van der Waals surface area contributed by atoms with Gasteiger partial charge in [-0.05, 0) is 49.1 Å². The van der Waals surface area contributed by atoms with E-state index in [2.05, 4.69) is 0 Å². The van der Waals surface area contributed by atoms with E-state index in [4.69, 9.17) is 0 Å². The van der Waals surface area contributed by atoms with Crippen LogP contribution >= 0.6 is 0 Å².